The predicted molar refractivity (Wildman–Crippen MR) is 24.8 cm³/mol. The fourth-order valence-electron chi connectivity index (χ4n) is 0. The van der Waals surface area contributed by atoms with Gasteiger partial charge in [0.25, 0.3) is 0 Å². The molecule has 0 rings (SSSR count). The van der Waals surface area contributed by atoms with Crippen molar-refractivity contribution in [3.05, 3.63) is 0 Å². The van der Waals surface area contributed by atoms with Crippen LogP contribution < -0.4 is 0 Å². The van der Waals surface area contributed by atoms with Crippen LogP contribution in [0.5, 0.6) is 0 Å². The summed E-state index contributed by atoms with van der Waals surface area (Å²) in [6.45, 7) is 0. The van der Waals surface area contributed by atoms with Gasteiger partial charge in [0.2, 0.25) is 3.64 Å². The Kier molecular flexibility index (Phi) is 2.73. The minimum absolute atomic E-state index is 1.22. The van der Waals surface area contributed by atoms with Crippen LogP contribution >= 0.6 is 34.2 Å². The smallest absolute Gasteiger partial charge is 0.218 e. The minimum atomic E-state index is -1.22. The van der Waals surface area contributed by atoms with E-state index < -0.39 is 3.64 Å². The molecule has 0 unspecified atom stereocenters. The van der Waals surface area contributed by atoms with Crippen molar-refractivity contribution in [1.29, 1.82) is 0 Å². The molecule has 0 nitrogen and oxygen atoms in total. The molecule has 0 aliphatic rings. The minimum Gasteiger partial charge on any atom is -0.218 e. The molecule has 26 valence electrons. The van der Waals surface area contributed by atoms with Crippen molar-refractivity contribution in [2.45, 2.75) is 3.64 Å². The summed E-state index contributed by atoms with van der Waals surface area (Å²) in [6, 6.07) is 0. The van der Waals surface area contributed by atoms with E-state index in [1.807, 2.05) is 0 Å². The summed E-state index contributed by atoms with van der Waals surface area (Å²) in [6.07, 6.45) is 0. The van der Waals surface area contributed by atoms with E-state index in [0.717, 1.165) is 0 Å². The van der Waals surface area contributed by atoms with Gasteiger partial charge in [-0.2, -0.15) is 0 Å². The molecule has 0 amide bonds. The van der Waals surface area contributed by atoms with Crippen LogP contribution in [0.2, 0.25) is 0 Å². The van der Waals surface area contributed by atoms with Crippen molar-refractivity contribution in [1.82, 2.24) is 0 Å². The third kappa shape index (κ3) is 12.4. The number of hydrogen-bond acceptors (Lipinski definition) is 0. The Morgan fingerprint density at radius 1 is 2.00 bits per heavy atom. The van der Waals surface area contributed by atoms with Gasteiger partial charge in [0.05, 0.1) is 0 Å². The monoisotopic (exact) mass is 194 g/mol. The van der Waals surface area contributed by atoms with Crippen LogP contribution in [0.25, 0.3) is 0 Å². The number of hydrogen-bond donors (Lipinski definition) is 0. The molecule has 0 spiro atoms. The van der Waals surface area contributed by atoms with Crippen LogP contribution in [0.15, 0.2) is 0 Å². The highest BCUT2D eigenvalue weighted by Crippen LogP contribution is 2.03. The first-order valence-electron chi connectivity index (χ1n) is 0.655. The summed E-state index contributed by atoms with van der Waals surface area (Å²) in [5.41, 5.74) is 0. The molecule has 0 radical (unpaired) electrons. The van der Waals surface area contributed by atoms with Gasteiger partial charge in [0, 0.05) is 0 Å². The highest BCUT2D eigenvalue weighted by atomic mass is 127. The Labute approximate surface area is 42.5 Å². The molecular formula is CHClFI. The lowest BCUT2D eigenvalue weighted by atomic mass is 11.8. The molecule has 0 heterocycles. The van der Waals surface area contributed by atoms with E-state index in [1.54, 1.807) is 0 Å². The molecule has 0 aliphatic carbocycles. The van der Waals surface area contributed by atoms with E-state index in [4.69, 9.17) is 0 Å². The average Bonchev–Trinajstić information content (AvgIpc) is 0.811. The third-order valence-corrected chi connectivity index (χ3v) is 0. The molecule has 0 fully saturated rings. The van der Waals surface area contributed by atoms with Gasteiger partial charge in [-0.1, -0.05) is 11.6 Å². The zero-order chi connectivity index (χ0) is 3.58. The SMILES string of the molecule is F[C@H](Cl)I. The lowest BCUT2D eigenvalue weighted by molar-refractivity contribution is 0.579. The summed E-state index contributed by atoms with van der Waals surface area (Å²) in [4.78, 5) is 0. The van der Waals surface area contributed by atoms with E-state index in [0.29, 0.717) is 0 Å². The van der Waals surface area contributed by atoms with Crippen molar-refractivity contribution >= 4 is 34.2 Å². The normalized spacial score (nSPS) is 15.8. The first-order valence-corrected chi connectivity index (χ1v) is 2.34. The number of halogens is 3. The third-order valence-electron chi connectivity index (χ3n) is 0. The zero-order valence-electron chi connectivity index (χ0n) is 1.71. The van der Waals surface area contributed by atoms with Crippen molar-refractivity contribution in [3.8, 4) is 0 Å². The van der Waals surface area contributed by atoms with E-state index in [9.17, 15) is 4.39 Å². The van der Waals surface area contributed by atoms with E-state index in [2.05, 4.69) is 11.6 Å². The standard InChI is InChI=1S/CHClFI/c2-1(3)4/h1H/t1-/m0/s1. The van der Waals surface area contributed by atoms with Gasteiger partial charge in [0.15, 0.2) is 0 Å². The summed E-state index contributed by atoms with van der Waals surface area (Å²) < 4.78 is 9.53. The van der Waals surface area contributed by atoms with Gasteiger partial charge in [-0.3, -0.25) is 0 Å². The summed E-state index contributed by atoms with van der Waals surface area (Å²) in [7, 11) is 0. The molecule has 0 saturated carbocycles. The maximum atomic E-state index is 10.8. The molecule has 3 heteroatoms. The van der Waals surface area contributed by atoms with Gasteiger partial charge in [0.1, 0.15) is 0 Å². The van der Waals surface area contributed by atoms with Crippen LogP contribution in [0.1, 0.15) is 0 Å². The Balaban J connectivity index is 2.32. The molecule has 0 bridgehead atoms. The highest BCUT2D eigenvalue weighted by molar-refractivity contribution is 14.1. The summed E-state index contributed by atoms with van der Waals surface area (Å²) in [5.74, 6) is 0. The molecule has 0 aromatic carbocycles. The fraction of sp³-hybridized carbons (Fsp3) is 1.00. The topological polar surface area (TPSA) is 0 Å². The second-order valence-corrected chi connectivity index (χ2v) is 2.46. The lowest BCUT2D eigenvalue weighted by Gasteiger charge is -1.68. The molecule has 0 aromatic heterocycles. The van der Waals surface area contributed by atoms with Crippen molar-refractivity contribution in [3.63, 3.8) is 0 Å². The Hall–Kier alpha value is 0.950. The molecule has 0 saturated heterocycles. The first kappa shape index (κ1) is 4.95. The van der Waals surface area contributed by atoms with Crippen molar-refractivity contribution in [2.24, 2.45) is 0 Å². The molecule has 4 heavy (non-hydrogen) atoms. The summed E-state index contributed by atoms with van der Waals surface area (Å²) in [5, 5.41) is 0. The zero-order valence-corrected chi connectivity index (χ0v) is 4.62. The lowest BCUT2D eigenvalue weighted by Crippen LogP contribution is -1.56. The van der Waals surface area contributed by atoms with E-state index >= 15 is 0 Å². The average molecular weight is 194 g/mol. The molecule has 1 atom stereocenters. The Bertz CT molecular complexity index is 12.8. The Morgan fingerprint density at radius 3 is 2.00 bits per heavy atom. The van der Waals surface area contributed by atoms with E-state index in [1.165, 1.54) is 22.6 Å². The van der Waals surface area contributed by atoms with Gasteiger partial charge < -0.3 is 0 Å². The van der Waals surface area contributed by atoms with E-state index in [-0.39, 0.29) is 0 Å². The van der Waals surface area contributed by atoms with Crippen LogP contribution in [0.3, 0.4) is 0 Å². The molecule has 0 aliphatic heterocycles. The molecule has 0 aromatic rings. The largest absolute Gasteiger partial charge is 0.223 e. The number of rotatable bonds is 0. The molecule has 0 N–H and O–H groups in total. The van der Waals surface area contributed by atoms with Crippen LogP contribution in [0.4, 0.5) is 4.39 Å². The predicted octanol–water partition coefficient (Wildman–Crippen LogP) is 1.91. The van der Waals surface area contributed by atoms with Crippen LogP contribution in [0, 0.1) is 0 Å². The number of alkyl halides is 3. The van der Waals surface area contributed by atoms with Crippen molar-refractivity contribution < 1.29 is 4.39 Å². The maximum absolute atomic E-state index is 10.8. The first-order chi connectivity index (χ1) is 1.73. The van der Waals surface area contributed by atoms with Gasteiger partial charge in [-0.25, -0.2) is 4.39 Å². The highest BCUT2D eigenvalue weighted by Gasteiger charge is 1.80. The second kappa shape index (κ2) is 2.20. The van der Waals surface area contributed by atoms with Crippen molar-refractivity contribution in [2.75, 3.05) is 0 Å². The maximum Gasteiger partial charge on any atom is 0.223 e. The van der Waals surface area contributed by atoms with Gasteiger partial charge in [-0.05, 0) is 22.6 Å². The van der Waals surface area contributed by atoms with Crippen LogP contribution in [-0.4, -0.2) is 3.64 Å². The Morgan fingerprint density at radius 2 is 2.00 bits per heavy atom. The molecular weight excluding hydrogens is 193 g/mol. The van der Waals surface area contributed by atoms with Gasteiger partial charge in [-0.15, -0.1) is 0 Å². The quantitative estimate of drug-likeness (QED) is 0.408. The van der Waals surface area contributed by atoms with Gasteiger partial charge >= 0.3 is 0 Å². The second-order valence-electron chi connectivity index (χ2n) is 0.247. The fourth-order valence-corrected chi connectivity index (χ4v) is 0. The summed E-state index contributed by atoms with van der Waals surface area (Å²) >= 11 is 6.04. The van der Waals surface area contributed by atoms with Crippen LogP contribution in [-0.2, 0) is 0 Å².